The van der Waals surface area contributed by atoms with E-state index < -0.39 is 10.0 Å². The van der Waals surface area contributed by atoms with Crippen LogP contribution in [0.15, 0.2) is 15.6 Å². The second-order valence-electron chi connectivity index (χ2n) is 6.87. The summed E-state index contributed by atoms with van der Waals surface area (Å²) in [5, 5.41) is 14.4. The molecule has 10 nitrogen and oxygen atoms in total. The van der Waals surface area contributed by atoms with Crippen molar-refractivity contribution in [2.45, 2.75) is 37.6 Å². The molecule has 1 amide bonds. The maximum absolute atomic E-state index is 12.7. The third-order valence-corrected chi connectivity index (χ3v) is 6.84. The SMILES string of the molecule is Cc1noc(C)c1S(=O)(=O)N1CC(n2cc(C(=O)NCC3CC3)nn2)C1. The predicted octanol–water partition coefficient (Wildman–Crippen LogP) is 0.268. The summed E-state index contributed by atoms with van der Waals surface area (Å²) in [5.41, 5.74) is 0.596. The van der Waals surface area contributed by atoms with Crippen molar-refractivity contribution in [3.63, 3.8) is 0 Å². The zero-order valence-corrected chi connectivity index (χ0v) is 15.4. The van der Waals surface area contributed by atoms with Gasteiger partial charge in [-0.15, -0.1) is 5.10 Å². The van der Waals surface area contributed by atoms with Crippen LogP contribution in [0.5, 0.6) is 0 Å². The summed E-state index contributed by atoms with van der Waals surface area (Å²) in [5.74, 6) is 0.618. The highest BCUT2D eigenvalue weighted by molar-refractivity contribution is 7.89. The van der Waals surface area contributed by atoms with Crippen LogP contribution in [0.25, 0.3) is 0 Å². The molecule has 2 aliphatic rings. The van der Waals surface area contributed by atoms with E-state index in [0.717, 1.165) is 12.8 Å². The zero-order valence-electron chi connectivity index (χ0n) is 14.5. The summed E-state index contributed by atoms with van der Waals surface area (Å²) in [6, 6.07) is -0.150. The van der Waals surface area contributed by atoms with Gasteiger partial charge in [-0.05, 0) is 32.6 Å². The van der Waals surface area contributed by atoms with Gasteiger partial charge in [0.25, 0.3) is 5.91 Å². The third kappa shape index (κ3) is 3.01. The first-order valence-electron chi connectivity index (χ1n) is 8.49. The topological polar surface area (TPSA) is 123 Å². The molecule has 3 heterocycles. The molecule has 0 aromatic carbocycles. The molecule has 26 heavy (non-hydrogen) atoms. The second kappa shape index (κ2) is 6.16. The smallest absolute Gasteiger partial charge is 0.273 e. The minimum absolute atomic E-state index is 0.120. The van der Waals surface area contributed by atoms with E-state index in [-0.39, 0.29) is 41.4 Å². The van der Waals surface area contributed by atoms with Crippen LogP contribution < -0.4 is 5.32 Å². The Bertz CT molecular complexity index is 920. The number of amides is 1. The molecule has 0 atom stereocenters. The van der Waals surface area contributed by atoms with Gasteiger partial charge in [0.15, 0.2) is 11.5 Å². The van der Waals surface area contributed by atoms with E-state index in [1.807, 2.05) is 0 Å². The van der Waals surface area contributed by atoms with Crippen molar-refractivity contribution < 1.29 is 17.7 Å². The van der Waals surface area contributed by atoms with Crippen molar-refractivity contribution in [1.82, 2.24) is 29.8 Å². The molecule has 2 aromatic heterocycles. The predicted molar refractivity (Wildman–Crippen MR) is 88.9 cm³/mol. The summed E-state index contributed by atoms with van der Waals surface area (Å²) < 4.78 is 33.2. The Balaban J connectivity index is 1.39. The van der Waals surface area contributed by atoms with Gasteiger partial charge in [0.1, 0.15) is 10.6 Å². The maximum Gasteiger partial charge on any atom is 0.273 e. The average molecular weight is 380 g/mol. The lowest BCUT2D eigenvalue weighted by Gasteiger charge is -2.37. The van der Waals surface area contributed by atoms with E-state index in [1.54, 1.807) is 24.7 Å². The van der Waals surface area contributed by atoms with Crippen molar-refractivity contribution in [2.75, 3.05) is 19.6 Å². The van der Waals surface area contributed by atoms with Crippen LogP contribution in [0.1, 0.15) is 40.8 Å². The minimum atomic E-state index is -3.65. The normalized spacial score (nSPS) is 18.7. The van der Waals surface area contributed by atoms with Gasteiger partial charge in [-0.2, -0.15) is 4.31 Å². The Labute approximate surface area is 150 Å². The number of sulfonamides is 1. The Morgan fingerprint density at radius 2 is 2.08 bits per heavy atom. The number of hydrogen-bond acceptors (Lipinski definition) is 7. The fourth-order valence-corrected chi connectivity index (χ4v) is 4.77. The van der Waals surface area contributed by atoms with Gasteiger partial charge in [-0.3, -0.25) is 4.79 Å². The van der Waals surface area contributed by atoms with E-state index in [2.05, 4.69) is 20.8 Å². The van der Waals surface area contributed by atoms with E-state index >= 15 is 0 Å². The van der Waals surface area contributed by atoms with E-state index in [1.165, 1.54) is 4.31 Å². The van der Waals surface area contributed by atoms with Crippen LogP contribution in [0.4, 0.5) is 0 Å². The molecular formula is C15H20N6O4S. The van der Waals surface area contributed by atoms with Gasteiger partial charge in [-0.25, -0.2) is 13.1 Å². The van der Waals surface area contributed by atoms with Crippen LogP contribution in [0.2, 0.25) is 0 Å². The monoisotopic (exact) mass is 380 g/mol. The molecule has 11 heteroatoms. The summed E-state index contributed by atoms with van der Waals surface area (Å²) >= 11 is 0. The van der Waals surface area contributed by atoms with Crippen molar-refractivity contribution >= 4 is 15.9 Å². The zero-order chi connectivity index (χ0) is 18.5. The first-order valence-corrected chi connectivity index (χ1v) is 9.93. The number of hydrogen-bond donors (Lipinski definition) is 1. The molecule has 0 bridgehead atoms. The first kappa shape index (κ1) is 17.2. The van der Waals surface area contributed by atoms with Gasteiger partial charge in [0.2, 0.25) is 10.0 Å². The lowest BCUT2D eigenvalue weighted by atomic mass is 10.2. The molecular weight excluding hydrogens is 360 g/mol. The molecule has 1 aliphatic heterocycles. The largest absolute Gasteiger partial charge is 0.360 e. The number of aryl methyl sites for hydroxylation is 2. The van der Waals surface area contributed by atoms with Gasteiger partial charge in [-0.1, -0.05) is 10.4 Å². The second-order valence-corrected chi connectivity index (χ2v) is 8.74. The van der Waals surface area contributed by atoms with Gasteiger partial charge in [0, 0.05) is 19.6 Å². The maximum atomic E-state index is 12.7. The molecule has 0 unspecified atom stereocenters. The van der Waals surface area contributed by atoms with Crippen LogP contribution >= 0.6 is 0 Å². The van der Waals surface area contributed by atoms with Gasteiger partial charge < -0.3 is 9.84 Å². The van der Waals surface area contributed by atoms with Crippen molar-refractivity contribution in [3.8, 4) is 0 Å². The molecule has 1 saturated heterocycles. The number of carbonyl (C=O) groups excluding carboxylic acids is 1. The lowest BCUT2D eigenvalue weighted by molar-refractivity contribution is 0.0946. The highest BCUT2D eigenvalue weighted by Crippen LogP contribution is 2.31. The number of nitrogens with zero attached hydrogens (tertiary/aromatic N) is 5. The van der Waals surface area contributed by atoms with Crippen molar-refractivity contribution in [3.05, 3.63) is 23.3 Å². The van der Waals surface area contributed by atoms with Crippen LogP contribution in [0.3, 0.4) is 0 Å². The Hall–Kier alpha value is -2.27. The standard InChI is InChI=1S/C15H20N6O4S/c1-9-14(10(2)25-18-9)26(23,24)20-6-12(7-20)21-8-13(17-19-21)15(22)16-5-11-3-4-11/h8,11-12H,3-7H2,1-2H3,(H,16,22). The number of aromatic nitrogens is 4. The highest BCUT2D eigenvalue weighted by Gasteiger charge is 2.41. The quantitative estimate of drug-likeness (QED) is 0.763. The number of carbonyl (C=O) groups is 1. The fraction of sp³-hybridized carbons (Fsp3) is 0.600. The molecule has 4 rings (SSSR count). The summed E-state index contributed by atoms with van der Waals surface area (Å²) in [6.45, 7) is 4.37. The Morgan fingerprint density at radius 3 is 2.69 bits per heavy atom. The molecule has 2 aromatic rings. The van der Waals surface area contributed by atoms with Crippen molar-refractivity contribution in [2.24, 2.45) is 5.92 Å². The van der Waals surface area contributed by atoms with E-state index in [9.17, 15) is 13.2 Å². The summed E-state index contributed by atoms with van der Waals surface area (Å²) in [7, 11) is -3.65. The molecule has 1 N–H and O–H groups in total. The van der Waals surface area contributed by atoms with Crippen LogP contribution in [0, 0.1) is 19.8 Å². The highest BCUT2D eigenvalue weighted by atomic mass is 32.2. The first-order chi connectivity index (χ1) is 12.4. The van der Waals surface area contributed by atoms with E-state index in [0.29, 0.717) is 18.2 Å². The van der Waals surface area contributed by atoms with E-state index in [4.69, 9.17) is 4.52 Å². The number of nitrogens with one attached hydrogen (secondary N) is 1. The lowest BCUT2D eigenvalue weighted by Crippen LogP contribution is -2.50. The third-order valence-electron chi connectivity index (χ3n) is 4.76. The van der Waals surface area contributed by atoms with Crippen LogP contribution in [-0.4, -0.2) is 58.4 Å². The molecule has 0 radical (unpaired) electrons. The van der Waals surface area contributed by atoms with Crippen molar-refractivity contribution in [1.29, 1.82) is 0 Å². The molecule has 1 saturated carbocycles. The summed E-state index contributed by atoms with van der Waals surface area (Å²) in [6.07, 6.45) is 3.88. The molecule has 1 aliphatic carbocycles. The molecule has 0 spiro atoms. The number of rotatable bonds is 6. The minimum Gasteiger partial charge on any atom is -0.360 e. The molecule has 140 valence electrons. The Kier molecular flexibility index (Phi) is 4.07. The van der Waals surface area contributed by atoms with Crippen LogP contribution in [-0.2, 0) is 10.0 Å². The average Bonchev–Trinajstić information content (AvgIpc) is 3.13. The fourth-order valence-electron chi connectivity index (χ4n) is 2.96. The molecule has 2 fully saturated rings. The van der Waals surface area contributed by atoms with Gasteiger partial charge in [0.05, 0.1) is 12.2 Å². The Morgan fingerprint density at radius 1 is 1.35 bits per heavy atom. The summed E-state index contributed by atoms with van der Waals surface area (Å²) in [4.78, 5) is 12.1. The van der Waals surface area contributed by atoms with Gasteiger partial charge >= 0.3 is 0 Å².